The van der Waals surface area contributed by atoms with Gasteiger partial charge in [0.05, 0.1) is 68.3 Å². The molecule has 4 atom stereocenters. The number of phenols is 1. The number of ether oxygens (including phenoxy) is 3. The van der Waals surface area contributed by atoms with Gasteiger partial charge in [-0.1, -0.05) is 12.1 Å². The summed E-state index contributed by atoms with van der Waals surface area (Å²) in [6.07, 6.45) is 6.02. The Kier molecular flexibility index (Phi) is 12.5. The van der Waals surface area contributed by atoms with Gasteiger partial charge in [0, 0.05) is 10.8 Å². The Morgan fingerprint density at radius 2 is 1.10 bits per heavy atom. The fourth-order valence-electron chi connectivity index (χ4n) is 7.38. The molecule has 63 heavy (non-hydrogen) atoms. The summed E-state index contributed by atoms with van der Waals surface area (Å²) in [5, 5.41) is 14.9. The first-order valence-electron chi connectivity index (χ1n) is 19.6. The third-order valence-electron chi connectivity index (χ3n) is 11.1. The molecule has 326 valence electrons. The maximum absolute atomic E-state index is 14.5. The molecule has 3 N–H and O–H groups in total. The lowest BCUT2D eigenvalue weighted by Gasteiger charge is -2.20. The molecule has 14 nitrogen and oxygen atoms in total. The second kappa shape index (κ2) is 18.0. The Balaban J connectivity index is 0.000000189. The Hall–Kier alpha value is -7.24. The van der Waals surface area contributed by atoms with Crippen LogP contribution < -0.4 is 24.8 Å². The van der Waals surface area contributed by atoms with E-state index < -0.39 is 51.7 Å². The number of hydrogen-bond donors (Lipinski definition) is 3. The number of aryl methyl sites for hydroxylation is 4. The van der Waals surface area contributed by atoms with Crippen molar-refractivity contribution in [3.63, 3.8) is 0 Å². The number of methoxy groups -OCH3 is 1. The Labute approximate surface area is 359 Å². The number of nitrogens with one attached hydrogen (secondary N) is 2. The lowest BCUT2D eigenvalue weighted by molar-refractivity contribution is -0.118. The molecule has 0 bridgehead atoms. The average Bonchev–Trinajstić information content (AvgIpc) is 4.18. The molecule has 0 aliphatic heterocycles. The van der Waals surface area contributed by atoms with Gasteiger partial charge in [-0.15, -0.1) is 0 Å². The number of benzene rings is 2. The van der Waals surface area contributed by atoms with Crippen LogP contribution in [0.25, 0.3) is 0 Å². The number of carbonyl (C=O) groups excluding carboxylic acids is 2. The van der Waals surface area contributed by atoms with Crippen molar-refractivity contribution in [1.82, 2.24) is 29.9 Å². The molecule has 2 aromatic carbocycles. The van der Waals surface area contributed by atoms with Gasteiger partial charge in [-0.2, -0.15) is 0 Å². The smallest absolute Gasteiger partial charge is 0.229 e. The zero-order valence-electron chi connectivity index (χ0n) is 34.7. The largest absolute Gasteiger partial charge is 0.505 e. The molecule has 8 rings (SSSR count). The van der Waals surface area contributed by atoms with Crippen LogP contribution in [0.1, 0.15) is 47.0 Å². The monoisotopic (exact) mass is 866 g/mol. The number of phenolic OH excluding ortho intramolecular Hbond substituents is 1. The van der Waals surface area contributed by atoms with Crippen molar-refractivity contribution in [1.29, 1.82) is 0 Å². The normalized spacial score (nSPS) is 19.5. The topological polar surface area (TPSA) is 183 Å². The van der Waals surface area contributed by atoms with Gasteiger partial charge in [-0.3, -0.25) is 9.59 Å². The van der Waals surface area contributed by atoms with Gasteiger partial charge in [0.1, 0.15) is 34.9 Å². The Morgan fingerprint density at radius 3 is 1.49 bits per heavy atom. The zero-order chi connectivity index (χ0) is 45.1. The highest BCUT2D eigenvalue weighted by molar-refractivity contribution is 5.96. The van der Waals surface area contributed by atoms with E-state index >= 15 is 0 Å². The molecule has 2 aliphatic carbocycles. The number of carbonyl (C=O) groups is 2. The highest BCUT2D eigenvalue weighted by Gasteiger charge is 2.61. The molecular formula is C45H42F4N8O6. The van der Waals surface area contributed by atoms with Gasteiger partial charge in [0.25, 0.3) is 0 Å². The number of anilines is 2. The molecule has 4 aromatic heterocycles. The lowest BCUT2D eigenvalue weighted by atomic mass is 9.93. The summed E-state index contributed by atoms with van der Waals surface area (Å²) < 4.78 is 71.6. The number of halogens is 4. The van der Waals surface area contributed by atoms with Gasteiger partial charge in [0.2, 0.25) is 11.8 Å². The number of rotatable bonds is 13. The summed E-state index contributed by atoms with van der Waals surface area (Å²) in [6.45, 7) is 7.35. The van der Waals surface area contributed by atoms with Crippen LogP contribution >= 0.6 is 0 Å². The fourth-order valence-corrected chi connectivity index (χ4v) is 7.38. The van der Waals surface area contributed by atoms with Crippen molar-refractivity contribution in [3.05, 3.63) is 143 Å². The minimum Gasteiger partial charge on any atom is -0.505 e. The average molecular weight is 867 g/mol. The van der Waals surface area contributed by atoms with Crippen LogP contribution in [-0.4, -0.2) is 67.1 Å². The van der Waals surface area contributed by atoms with Gasteiger partial charge >= 0.3 is 0 Å². The van der Waals surface area contributed by atoms with E-state index in [-0.39, 0.29) is 42.4 Å². The lowest BCUT2D eigenvalue weighted by Crippen LogP contribution is -2.27. The number of hydrogen-bond acceptors (Lipinski definition) is 12. The van der Waals surface area contributed by atoms with Crippen LogP contribution in [-0.2, 0) is 20.4 Å². The van der Waals surface area contributed by atoms with Crippen LogP contribution in [0.5, 0.6) is 23.0 Å². The van der Waals surface area contributed by atoms with E-state index in [9.17, 15) is 32.3 Å². The summed E-state index contributed by atoms with van der Waals surface area (Å²) in [7, 11) is 1.39. The van der Waals surface area contributed by atoms with Gasteiger partial charge in [-0.05, 0) is 100 Å². The first-order chi connectivity index (χ1) is 30.1. The van der Waals surface area contributed by atoms with Crippen LogP contribution in [0.4, 0.5) is 29.2 Å². The maximum atomic E-state index is 14.5. The number of aromatic nitrogens is 6. The standard InChI is InChI=1S/C23H22F2N4O3.C22H20F2N4O3/c1-13-20(11-26-14(2)28-13)32-12-23(15-4-6-19(31-3)18(25)8-15)9-17(23)22(30)29-21-7-5-16(24)10-27-21;1-12-19(10-25-13(2)27-12)31-11-22(14-3-5-18(29)17(24)7-14)8-16(22)21(30)28-20-6-4-15(23)9-26-20/h4-8,10-11,17H,9,12H2,1-3H3,(H,27,29,30);3-7,9-10,16,29H,8,11H2,1-2H3,(H,26,28,30)/t17-,23+;16-,22+/m00/s1. The van der Waals surface area contributed by atoms with Gasteiger partial charge in [-0.25, -0.2) is 47.5 Å². The molecule has 0 saturated heterocycles. The molecular weight excluding hydrogens is 825 g/mol. The van der Waals surface area contributed by atoms with E-state index in [2.05, 4.69) is 40.5 Å². The second-order valence-corrected chi connectivity index (χ2v) is 15.4. The third-order valence-corrected chi connectivity index (χ3v) is 11.1. The van der Waals surface area contributed by atoms with Crippen molar-refractivity contribution in [2.75, 3.05) is 31.0 Å². The summed E-state index contributed by atoms with van der Waals surface area (Å²) in [6, 6.07) is 13.8. The van der Waals surface area contributed by atoms with Gasteiger partial charge in [0.15, 0.2) is 34.6 Å². The summed E-state index contributed by atoms with van der Waals surface area (Å²) in [5.74, 6) is -1.69. The van der Waals surface area contributed by atoms with Crippen molar-refractivity contribution in [2.24, 2.45) is 11.8 Å². The second-order valence-electron chi connectivity index (χ2n) is 15.4. The van der Waals surface area contributed by atoms with Crippen molar-refractivity contribution >= 4 is 23.5 Å². The van der Waals surface area contributed by atoms with E-state index in [4.69, 9.17) is 14.2 Å². The Bertz CT molecular complexity index is 2660. The molecule has 2 fully saturated rings. The van der Waals surface area contributed by atoms with Crippen molar-refractivity contribution in [2.45, 2.75) is 51.4 Å². The molecule has 0 radical (unpaired) electrons. The molecule has 2 saturated carbocycles. The molecule has 0 spiro atoms. The molecule has 4 heterocycles. The first-order valence-corrected chi connectivity index (χ1v) is 19.6. The van der Waals surface area contributed by atoms with E-state index in [1.54, 1.807) is 52.2 Å². The van der Waals surface area contributed by atoms with Crippen LogP contribution in [0.15, 0.2) is 85.5 Å². The predicted molar refractivity (Wildman–Crippen MR) is 220 cm³/mol. The Morgan fingerprint density at radius 1 is 0.635 bits per heavy atom. The fraction of sp³-hybridized carbons (Fsp3) is 0.289. The number of amides is 2. The predicted octanol–water partition coefficient (Wildman–Crippen LogP) is 7.20. The number of pyridine rings is 2. The van der Waals surface area contributed by atoms with E-state index in [0.29, 0.717) is 58.5 Å². The zero-order valence-corrected chi connectivity index (χ0v) is 34.7. The molecule has 18 heteroatoms. The van der Waals surface area contributed by atoms with E-state index in [0.717, 1.165) is 12.4 Å². The van der Waals surface area contributed by atoms with Crippen molar-refractivity contribution in [3.8, 4) is 23.0 Å². The maximum Gasteiger partial charge on any atom is 0.229 e. The molecule has 6 aromatic rings. The summed E-state index contributed by atoms with van der Waals surface area (Å²) in [5.41, 5.74) is 0.904. The molecule has 2 aliphatic rings. The first kappa shape index (κ1) is 43.8. The van der Waals surface area contributed by atoms with E-state index in [1.165, 1.54) is 55.6 Å². The highest BCUT2D eigenvalue weighted by atomic mass is 19.1. The summed E-state index contributed by atoms with van der Waals surface area (Å²) >= 11 is 0. The number of aromatic hydroxyl groups is 1. The van der Waals surface area contributed by atoms with E-state index in [1.807, 2.05) is 0 Å². The third kappa shape index (κ3) is 9.79. The van der Waals surface area contributed by atoms with Crippen molar-refractivity contribution < 1.29 is 46.5 Å². The van der Waals surface area contributed by atoms with Crippen LogP contribution in [0.3, 0.4) is 0 Å². The van der Waals surface area contributed by atoms with Crippen LogP contribution in [0, 0.1) is 62.8 Å². The SMILES string of the molecule is COc1ccc([C@]2(COc3cnc(C)nc3C)C[C@H]2C(=O)Nc2ccc(F)cn2)cc1F.Cc1ncc(OC[C@@]2(c3ccc(O)c(F)c3)C[C@H]2C(=O)Nc2ccc(F)cn2)c(C)n1. The number of nitrogens with zero attached hydrogens (tertiary/aromatic N) is 6. The highest BCUT2D eigenvalue weighted by Crippen LogP contribution is 2.56. The summed E-state index contributed by atoms with van der Waals surface area (Å²) in [4.78, 5) is 50.3. The van der Waals surface area contributed by atoms with Crippen LogP contribution in [0.2, 0.25) is 0 Å². The quantitative estimate of drug-likeness (QED) is 0.0995. The minimum atomic E-state index is -0.810. The molecule has 0 unspecified atom stereocenters. The minimum absolute atomic E-state index is 0.0827. The van der Waals surface area contributed by atoms with Gasteiger partial charge < -0.3 is 30.0 Å². The molecule has 2 amide bonds.